The van der Waals surface area contributed by atoms with E-state index in [0.717, 1.165) is 5.52 Å². The van der Waals surface area contributed by atoms with Crippen LogP contribution in [0, 0.1) is 0 Å². The van der Waals surface area contributed by atoms with Crippen LogP contribution in [0.2, 0.25) is 0 Å². The molecule has 20 heavy (non-hydrogen) atoms. The number of carbonyl (C=O) groups excluding carboxylic acids is 1. The lowest BCUT2D eigenvalue weighted by Crippen LogP contribution is -2.35. The van der Waals surface area contributed by atoms with Crippen molar-refractivity contribution in [2.45, 2.75) is 19.1 Å². The van der Waals surface area contributed by atoms with Crippen molar-refractivity contribution in [3.8, 4) is 0 Å². The number of fused-ring (bicyclic) bond motifs is 1. The minimum Gasteiger partial charge on any atom is -0.360 e. The molecule has 2 aromatic heterocycles. The second kappa shape index (κ2) is 5.05. The van der Waals surface area contributed by atoms with Gasteiger partial charge in [0.2, 0.25) is 5.91 Å². The van der Waals surface area contributed by atoms with Gasteiger partial charge in [-0.2, -0.15) is 0 Å². The molecular formula is C13H13BrFN3O2. The molecule has 0 spiro atoms. The average molecular weight is 342 g/mol. The molecule has 1 aliphatic heterocycles. The topological polar surface area (TPSA) is 58.1 Å². The molecule has 106 valence electrons. The van der Waals surface area contributed by atoms with Crippen molar-refractivity contribution >= 4 is 32.7 Å². The molecule has 1 saturated heterocycles. The summed E-state index contributed by atoms with van der Waals surface area (Å²) < 4.78 is 15.1. The van der Waals surface area contributed by atoms with Gasteiger partial charge in [0.25, 0.3) is 5.56 Å². The predicted octanol–water partition coefficient (Wildman–Crippen LogP) is 1.66. The maximum atomic E-state index is 13.1. The van der Waals surface area contributed by atoms with E-state index in [1.807, 2.05) is 0 Å². The monoisotopic (exact) mass is 341 g/mol. The van der Waals surface area contributed by atoms with Crippen LogP contribution in [0.4, 0.5) is 4.39 Å². The summed E-state index contributed by atoms with van der Waals surface area (Å²) in [5.74, 6) is -0.224. The van der Waals surface area contributed by atoms with Crippen LogP contribution in [0.5, 0.6) is 0 Å². The van der Waals surface area contributed by atoms with Crippen molar-refractivity contribution in [2.75, 3.05) is 13.1 Å². The Morgan fingerprint density at radius 3 is 3.05 bits per heavy atom. The number of pyridine rings is 1. The van der Waals surface area contributed by atoms with Gasteiger partial charge >= 0.3 is 0 Å². The molecule has 3 rings (SSSR count). The third kappa shape index (κ3) is 2.26. The van der Waals surface area contributed by atoms with Crippen LogP contribution in [-0.4, -0.2) is 39.6 Å². The zero-order valence-electron chi connectivity index (χ0n) is 10.6. The predicted molar refractivity (Wildman–Crippen MR) is 76.4 cm³/mol. The fraction of sp³-hybridized carbons (Fsp3) is 0.385. The summed E-state index contributed by atoms with van der Waals surface area (Å²) in [6.07, 6.45) is 2.70. The average Bonchev–Trinajstić information content (AvgIpc) is 3.00. The van der Waals surface area contributed by atoms with Crippen molar-refractivity contribution < 1.29 is 9.18 Å². The van der Waals surface area contributed by atoms with Crippen molar-refractivity contribution in [3.05, 3.63) is 33.3 Å². The molecule has 0 bridgehead atoms. The van der Waals surface area contributed by atoms with Crippen molar-refractivity contribution in [3.63, 3.8) is 0 Å². The van der Waals surface area contributed by atoms with E-state index in [4.69, 9.17) is 0 Å². The van der Waals surface area contributed by atoms with Crippen molar-refractivity contribution in [1.29, 1.82) is 0 Å². The first-order valence-electron chi connectivity index (χ1n) is 6.34. The van der Waals surface area contributed by atoms with Crippen LogP contribution < -0.4 is 5.56 Å². The van der Waals surface area contributed by atoms with E-state index in [1.165, 1.54) is 9.47 Å². The molecule has 1 N–H and O–H groups in total. The minimum atomic E-state index is -0.947. The lowest BCUT2D eigenvalue weighted by molar-refractivity contribution is -0.131. The molecular weight excluding hydrogens is 329 g/mol. The molecule has 1 aliphatic rings. The number of nitrogens with zero attached hydrogens (tertiary/aromatic N) is 2. The maximum Gasteiger partial charge on any atom is 0.261 e. The Morgan fingerprint density at radius 2 is 2.35 bits per heavy atom. The second-order valence-corrected chi connectivity index (χ2v) is 5.75. The van der Waals surface area contributed by atoms with Gasteiger partial charge in [-0.1, -0.05) is 0 Å². The number of hydrogen-bond acceptors (Lipinski definition) is 2. The highest BCUT2D eigenvalue weighted by Crippen LogP contribution is 2.19. The Labute approximate surface area is 122 Å². The lowest BCUT2D eigenvalue weighted by atomic mass is 10.3. The number of carbonyl (C=O) groups is 1. The number of H-pyrrole nitrogens is 1. The van der Waals surface area contributed by atoms with E-state index in [0.29, 0.717) is 22.8 Å². The Hall–Kier alpha value is -1.63. The molecule has 3 heterocycles. The highest BCUT2D eigenvalue weighted by atomic mass is 79.9. The fourth-order valence-electron chi connectivity index (χ4n) is 2.45. The smallest absolute Gasteiger partial charge is 0.261 e. The molecule has 1 unspecified atom stereocenters. The largest absolute Gasteiger partial charge is 0.360 e. The van der Waals surface area contributed by atoms with E-state index >= 15 is 0 Å². The number of rotatable bonds is 2. The number of aromatic nitrogens is 2. The number of amides is 1. The van der Waals surface area contributed by atoms with Crippen molar-refractivity contribution in [1.82, 2.24) is 14.5 Å². The Balaban J connectivity index is 1.87. The van der Waals surface area contributed by atoms with Gasteiger partial charge in [0.05, 0.1) is 17.4 Å². The van der Waals surface area contributed by atoms with Gasteiger partial charge in [-0.05, 0) is 28.4 Å². The summed E-state index contributed by atoms with van der Waals surface area (Å²) in [5, 5.41) is 0.519. The molecule has 1 fully saturated rings. The molecule has 0 aliphatic carbocycles. The van der Waals surface area contributed by atoms with Gasteiger partial charge < -0.3 is 14.5 Å². The van der Waals surface area contributed by atoms with E-state index in [1.54, 1.807) is 18.5 Å². The lowest BCUT2D eigenvalue weighted by Gasteiger charge is -2.16. The standard InChI is InChI=1S/C13H13BrFN3O2/c14-9-5-16-10-2-4-18(13(20)12(9)10)7-11(19)17-3-1-8(15)6-17/h2,4-5,8,16H,1,3,6-7H2. The first kappa shape index (κ1) is 13.4. The summed E-state index contributed by atoms with van der Waals surface area (Å²) in [6, 6.07) is 1.75. The first-order chi connectivity index (χ1) is 9.56. The molecule has 0 saturated carbocycles. The second-order valence-electron chi connectivity index (χ2n) is 4.90. The van der Waals surface area contributed by atoms with Gasteiger partial charge in [0.15, 0.2) is 0 Å². The fourth-order valence-corrected chi connectivity index (χ4v) is 2.95. The summed E-state index contributed by atoms with van der Waals surface area (Å²) in [6.45, 7) is 0.494. The third-order valence-corrected chi connectivity index (χ3v) is 4.17. The quantitative estimate of drug-likeness (QED) is 0.903. The minimum absolute atomic E-state index is 0.0564. The van der Waals surface area contributed by atoms with Crippen LogP contribution in [-0.2, 0) is 11.3 Å². The number of aromatic amines is 1. The van der Waals surface area contributed by atoms with E-state index in [9.17, 15) is 14.0 Å². The van der Waals surface area contributed by atoms with Gasteiger partial charge in [0, 0.05) is 23.4 Å². The number of nitrogens with one attached hydrogen (secondary N) is 1. The molecule has 1 amide bonds. The van der Waals surface area contributed by atoms with Gasteiger partial charge in [-0.25, -0.2) is 4.39 Å². The molecule has 2 aromatic rings. The van der Waals surface area contributed by atoms with Crippen LogP contribution in [0.3, 0.4) is 0 Å². The number of halogens is 2. The molecule has 7 heteroatoms. The van der Waals surface area contributed by atoms with Gasteiger partial charge in [-0.15, -0.1) is 0 Å². The Kier molecular flexibility index (Phi) is 3.37. The Morgan fingerprint density at radius 1 is 1.55 bits per heavy atom. The summed E-state index contributed by atoms with van der Waals surface area (Å²) in [4.78, 5) is 28.8. The molecule has 5 nitrogen and oxygen atoms in total. The third-order valence-electron chi connectivity index (χ3n) is 3.55. The molecule has 0 radical (unpaired) electrons. The van der Waals surface area contributed by atoms with Gasteiger partial charge in [-0.3, -0.25) is 9.59 Å². The van der Waals surface area contributed by atoms with E-state index in [2.05, 4.69) is 20.9 Å². The van der Waals surface area contributed by atoms with Crippen LogP contribution in [0.1, 0.15) is 6.42 Å². The van der Waals surface area contributed by atoms with Crippen LogP contribution >= 0.6 is 15.9 Å². The summed E-state index contributed by atoms with van der Waals surface area (Å²) in [7, 11) is 0. The van der Waals surface area contributed by atoms with Crippen molar-refractivity contribution in [2.24, 2.45) is 0 Å². The van der Waals surface area contributed by atoms with E-state index < -0.39 is 6.17 Å². The zero-order chi connectivity index (χ0) is 14.3. The normalized spacial score (nSPS) is 18.9. The van der Waals surface area contributed by atoms with Crippen LogP contribution in [0.25, 0.3) is 10.9 Å². The zero-order valence-corrected chi connectivity index (χ0v) is 12.2. The van der Waals surface area contributed by atoms with Gasteiger partial charge in [0.1, 0.15) is 12.7 Å². The summed E-state index contributed by atoms with van der Waals surface area (Å²) >= 11 is 3.30. The highest BCUT2D eigenvalue weighted by molar-refractivity contribution is 9.10. The number of likely N-dealkylation sites (tertiary alicyclic amines) is 1. The molecule has 1 atom stereocenters. The first-order valence-corrected chi connectivity index (χ1v) is 7.13. The summed E-state index contributed by atoms with van der Waals surface area (Å²) in [5.41, 5.74) is 0.482. The van der Waals surface area contributed by atoms with E-state index in [-0.39, 0.29) is 24.6 Å². The van der Waals surface area contributed by atoms with Crippen LogP contribution in [0.15, 0.2) is 27.7 Å². The SMILES string of the molecule is O=C(Cn1ccc2[nH]cc(Br)c2c1=O)N1CCC(F)C1. The highest BCUT2D eigenvalue weighted by Gasteiger charge is 2.26. The molecule has 0 aromatic carbocycles. The maximum absolute atomic E-state index is 13.1. The number of alkyl halides is 1. The number of hydrogen-bond donors (Lipinski definition) is 1. The Bertz CT molecular complexity index is 724.